The highest BCUT2D eigenvalue weighted by Gasteiger charge is 2.22. The molecule has 108 valence electrons. The lowest BCUT2D eigenvalue weighted by molar-refractivity contribution is -0.138. The molecule has 0 saturated carbocycles. The van der Waals surface area contributed by atoms with Gasteiger partial charge in [-0.1, -0.05) is 18.2 Å². The van der Waals surface area contributed by atoms with Gasteiger partial charge in [0, 0.05) is 27.5 Å². The smallest absolute Gasteiger partial charge is 0.320 e. The second-order valence-electron chi connectivity index (χ2n) is 4.64. The number of aromatic amines is 1. The Labute approximate surface area is 122 Å². The standard InChI is InChI=1S/C14H12N2O4S/c15-10(14(18)19)5-8-12(20-16-13(8)17)9-6-21-11-4-2-1-3-7(9)11/h1-4,6,10H,5,15H2,(H,16,17)(H,18,19)/t10-/m0/s1. The summed E-state index contributed by atoms with van der Waals surface area (Å²) in [4.78, 5) is 22.7. The first-order chi connectivity index (χ1) is 10.1. The number of hydrogen-bond donors (Lipinski definition) is 3. The van der Waals surface area contributed by atoms with Crippen molar-refractivity contribution in [2.75, 3.05) is 0 Å². The van der Waals surface area contributed by atoms with Crippen LogP contribution in [-0.2, 0) is 11.2 Å². The molecule has 0 spiro atoms. The number of hydrogen-bond acceptors (Lipinski definition) is 5. The molecule has 2 heterocycles. The van der Waals surface area contributed by atoms with Gasteiger partial charge in [-0.25, -0.2) is 0 Å². The SMILES string of the molecule is N[C@@H](Cc1c(-c2csc3ccccc23)o[nH]c1=O)C(=O)O. The van der Waals surface area contributed by atoms with Crippen molar-refractivity contribution in [3.05, 3.63) is 45.6 Å². The van der Waals surface area contributed by atoms with E-state index in [1.807, 2.05) is 29.6 Å². The van der Waals surface area contributed by atoms with Crippen molar-refractivity contribution in [3.8, 4) is 11.3 Å². The summed E-state index contributed by atoms with van der Waals surface area (Å²) in [5.74, 6) is -0.800. The van der Waals surface area contributed by atoms with Gasteiger partial charge in [-0.15, -0.1) is 11.3 Å². The first kappa shape index (κ1) is 13.6. The third-order valence-corrected chi connectivity index (χ3v) is 4.22. The lowest BCUT2D eigenvalue weighted by atomic mass is 10.0. The number of thiophene rings is 1. The van der Waals surface area contributed by atoms with Gasteiger partial charge in [-0.3, -0.25) is 9.59 Å². The molecule has 3 rings (SSSR count). The average molecular weight is 304 g/mol. The number of carbonyl (C=O) groups is 1. The van der Waals surface area contributed by atoms with E-state index >= 15 is 0 Å². The third kappa shape index (κ3) is 2.37. The molecule has 1 aromatic carbocycles. The lowest BCUT2D eigenvalue weighted by Crippen LogP contribution is -2.33. The molecule has 0 aliphatic rings. The molecule has 0 aliphatic heterocycles. The van der Waals surface area contributed by atoms with Crippen LogP contribution in [0.2, 0.25) is 0 Å². The summed E-state index contributed by atoms with van der Waals surface area (Å²) in [6.07, 6.45) is -0.0827. The molecule has 21 heavy (non-hydrogen) atoms. The monoisotopic (exact) mass is 304 g/mol. The van der Waals surface area contributed by atoms with Crippen molar-refractivity contribution >= 4 is 27.4 Å². The summed E-state index contributed by atoms with van der Waals surface area (Å²) >= 11 is 1.53. The highest BCUT2D eigenvalue weighted by atomic mass is 32.1. The maximum absolute atomic E-state index is 11.8. The van der Waals surface area contributed by atoms with Crippen LogP contribution in [0.4, 0.5) is 0 Å². The third-order valence-electron chi connectivity index (χ3n) is 3.26. The fourth-order valence-corrected chi connectivity index (χ4v) is 3.13. The van der Waals surface area contributed by atoms with Crippen LogP contribution in [0, 0.1) is 0 Å². The van der Waals surface area contributed by atoms with E-state index in [4.69, 9.17) is 15.4 Å². The Kier molecular flexibility index (Phi) is 3.36. The summed E-state index contributed by atoms with van der Waals surface area (Å²) in [6.45, 7) is 0. The van der Waals surface area contributed by atoms with E-state index in [-0.39, 0.29) is 12.0 Å². The highest BCUT2D eigenvalue weighted by molar-refractivity contribution is 7.17. The van der Waals surface area contributed by atoms with Crippen LogP contribution in [0.1, 0.15) is 5.56 Å². The molecule has 3 aromatic rings. The molecule has 4 N–H and O–H groups in total. The number of fused-ring (bicyclic) bond motifs is 1. The number of aromatic nitrogens is 1. The van der Waals surface area contributed by atoms with Gasteiger partial charge in [0.05, 0.1) is 5.56 Å². The summed E-state index contributed by atoms with van der Waals surface area (Å²) in [5.41, 5.74) is 6.10. The van der Waals surface area contributed by atoms with Gasteiger partial charge >= 0.3 is 5.97 Å². The first-order valence-electron chi connectivity index (χ1n) is 6.23. The van der Waals surface area contributed by atoms with Crippen molar-refractivity contribution in [3.63, 3.8) is 0 Å². The highest BCUT2D eigenvalue weighted by Crippen LogP contribution is 2.34. The number of nitrogens with two attached hydrogens (primary N) is 1. The quantitative estimate of drug-likeness (QED) is 0.681. The van der Waals surface area contributed by atoms with Gasteiger partial charge in [0.1, 0.15) is 6.04 Å². The van der Waals surface area contributed by atoms with Crippen LogP contribution in [0.3, 0.4) is 0 Å². The summed E-state index contributed by atoms with van der Waals surface area (Å²) < 4.78 is 6.31. The minimum atomic E-state index is -1.16. The van der Waals surface area contributed by atoms with Crippen molar-refractivity contribution in [1.29, 1.82) is 0 Å². The molecular weight excluding hydrogens is 292 g/mol. The molecule has 6 nitrogen and oxygen atoms in total. The Morgan fingerprint density at radius 3 is 2.95 bits per heavy atom. The van der Waals surface area contributed by atoms with Crippen LogP contribution in [0.15, 0.2) is 39.0 Å². The van der Waals surface area contributed by atoms with E-state index in [1.54, 1.807) is 0 Å². The van der Waals surface area contributed by atoms with Gasteiger partial charge < -0.3 is 15.4 Å². The molecule has 0 fully saturated rings. The fourth-order valence-electron chi connectivity index (χ4n) is 2.19. The lowest BCUT2D eigenvalue weighted by Gasteiger charge is -2.04. The first-order valence-corrected chi connectivity index (χ1v) is 7.11. The summed E-state index contributed by atoms with van der Waals surface area (Å²) in [6, 6.07) is 6.57. The Balaban J connectivity index is 2.11. The normalized spacial score (nSPS) is 12.6. The largest absolute Gasteiger partial charge is 0.480 e. The Bertz CT molecular complexity index is 861. The van der Waals surface area contributed by atoms with Gasteiger partial charge in [0.25, 0.3) is 5.56 Å². The second-order valence-corrected chi connectivity index (χ2v) is 5.55. The zero-order valence-electron chi connectivity index (χ0n) is 10.8. The maximum Gasteiger partial charge on any atom is 0.320 e. The van der Waals surface area contributed by atoms with Crippen LogP contribution in [0.25, 0.3) is 21.4 Å². The molecule has 7 heteroatoms. The zero-order chi connectivity index (χ0) is 15.0. The number of H-pyrrole nitrogens is 1. The molecule has 0 amide bonds. The number of benzene rings is 1. The molecule has 0 aliphatic carbocycles. The van der Waals surface area contributed by atoms with E-state index in [9.17, 15) is 9.59 Å². The minimum absolute atomic E-state index is 0.0827. The number of aliphatic carboxylic acids is 1. The van der Waals surface area contributed by atoms with E-state index in [0.29, 0.717) is 5.76 Å². The molecule has 1 atom stereocenters. The van der Waals surface area contributed by atoms with E-state index in [1.165, 1.54) is 11.3 Å². The van der Waals surface area contributed by atoms with Crippen molar-refractivity contribution in [2.45, 2.75) is 12.5 Å². The van der Waals surface area contributed by atoms with Crippen LogP contribution in [-0.4, -0.2) is 22.3 Å². The number of carboxylic acids is 1. The Morgan fingerprint density at radius 2 is 2.19 bits per heavy atom. The van der Waals surface area contributed by atoms with Crippen molar-refractivity contribution in [2.24, 2.45) is 5.73 Å². The maximum atomic E-state index is 11.8. The van der Waals surface area contributed by atoms with E-state index < -0.39 is 17.6 Å². The number of rotatable bonds is 4. The Morgan fingerprint density at radius 1 is 1.43 bits per heavy atom. The molecule has 0 saturated heterocycles. The van der Waals surface area contributed by atoms with Gasteiger partial charge in [0.15, 0.2) is 5.76 Å². The topological polar surface area (TPSA) is 109 Å². The zero-order valence-corrected chi connectivity index (χ0v) is 11.6. The fraction of sp³-hybridized carbons (Fsp3) is 0.143. The summed E-state index contributed by atoms with van der Waals surface area (Å²) in [7, 11) is 0. The van der Waals surface area contributed by atoms with E-state index in [2.05, 4.69) is 5.16 Å². The molecule has 2 aromatic heterocycles. The molecule has 0 bridgehead atoms. The van der Waals surface area contributed by atoms with Gasteiger partial charge in [-0.05, 0) is 6.07 Å². The predicted octanol–water partition coefficient (Wildman–Crippen LogP) is 1.80. The second kappa shape index (κ2) is 5.19. The van der Waals surface area contributed by atoms with Gasteiger partial charge in [0.2, 0.25) is 0 Å². The molecule has 0 radical (unpaired) electrons. The summed E-state index contributed by atoms with van der Waals surface area (Å²) in [5, 5.41) is 14.0. The molecular formula is C14H12N2O4S. The minimum Gasteiger partial charge on any atom is -0.480 e. The Hall–Kier alpha value is -2.38. The molecule has 0 unspecified atom stereocenters. The number of nitrogens with one attached hydrogen (secondary N) is 1. The predicted molar refractivity (Wildman–Crippen MR) is 79.5 cm³/mol. The van der Waals surface area contributed by atoms with E-state index in [0.717, 1.165) is 15.6 Å². The van der Waals surface area contributed by atoms with Crippen molar-refractivity contribution < 1.29 is 14.4 Å². The number of carboxylic acid groups (broad SMARTS) is 1. The van der Waals surface area contributed by atoms with Crippen LogP contribution >= 0.6 is 11.3 Å². The average Bonchev–Trinajstić information content (AvgIpc) is 3.03. The van der Waals surface area contributed by atoms with Crippen LogP contribution in [0.5, 0.6) is 0 Å². The van der Waals surface area contributed by atoms with Crippen molar-refractivity contribution in [1.82, 2.24) is 5.16 Å². The van der Waals surface area contributed by atoms with Gasteiger partial charge in [-0.2, -0.15) is 5.16 Å². The van der Waals surface area contributed by atoms with Crippen LogP contribution < -0.4 is 11.3 Å².